The topological polar surface area (TPSA) is 98.7 Å². The third-order valence-electron chi connectivity index (χ3n) is 1.51. The van der Waals surface area contributed by atoms with E-state index in [1.807, 2.05) is 0 Å². The fourth-order valence-corrected chi connectivity index (χ4v) is 0.794. The minimum atomic E-state index is -0.630. The third kappa shape index (κ3) is 9.17. The molecule has 88 valence electrons. The van der Waals surface area contributed by atoms with E-state index in [1.54, 1.807) is 0 Å². The zero-order valence-electron chi connectivity index (χ0n) is 8.99. The Bertz CT molecular complexity index is 194. The third-order valence-corrected chi connectivity index (χ3v) is 1.51. The number of hydrogen-bond acceptors (Lipinski definition) is 4. The smallest absolute Gasteiger partial charge is 0.229 e. The predicted octanol–water partition coefficient (Wildman–Crippen LogP) is -1.63. The average Bonchev–Trinajstić information content (AvgIpc) is 2.11. The molecule has 0 heterocycles. The maximum absolute atomic E-state index is 11.1. The number of amides is 2. The number of carbonyl (C=O) groups is 2. The van der Waals surface area contributed by atoms with Gasteiger partial charge in [0, 0.05) is 13.1 Å². The second-order valence-electron chi connectivity index (χ2n) is 3.48. The Kier molecular flexibility index (Phi) is 6.64. The Labute approximate surface area is 88.7 Å². The van der Waals surface area contributed by atoms with Crippen LogP contribution in [0, 0.1) is 0 Å². The van der Waals surface area contributed by atoms with Crippen molar-refractivity contribution in [3.05, 3.63) is 0 Å². The standard InChI is InChI=1S/C9H18N2O4/c1-6(12)4-10-8(14)3-9(15)11-5-7(2)13/h6-7,12-13H,3-5H2,1-2H3,(H,10,14)(H,11,15). The molecule has 0 rings (SSSR count). The molecule has 0 spiro atoms. The summed E-state index contributed by atoms with van der Waals surface area (Å²) in [5, 5.41) is 22.5. The van der Waals surface area contributed by atoms with Gasteiger partial charge in [0.1, 0.15) is 6.42 Å². The van der Waals surface area contributed by atoms with Crippen LogP contribution in [0.1, 0.15) is 20.3 Å². The molecule has 2 atom stereocenters. The Morgan fingerprint density at radius 1 is 1.00 bits per heavy atom. The van der Waals surface area contributed by atoms with E-state index in [4.69, 9.17) is 10.2 Å². The lowest BCUT2D eigenvalue weighted by Crippen LogP contribution is -2.37. The summed E-state index contributed by atoms with van der Waals surface area (Å²) in [5.41, 5.74) is 0. The molecule has 15 heavy (non-hydrogen) atoms. The summed E-state index contributed by atoms with van der Waals surface area (Å²) in [5.74, 6) is -0.891. The highest BCUT2D eigenvalue weighted by atomic mass is 16.3. The molecular formula is C9H18N2O4. The van der Waals surface area contributed by atoms with Gasteiger partial charge in [-0.2, -0.15) is 0 Å². The van der Waals surface area contributed by atoms with Crippen molar-refractivity contribution in [2.45, 2.75) is 32.5 Å². The van der Waals surface area contributed by atoms with Crippen LogP contribution < -0.4 is 10.6 Å². The van der Waals surface area contributed by atoms with Crippen LogP contribution in [0.25, 0.3) is 0 Å². The van der Waals surface area contributed by atoms with Crippen molar-refractivity contribution in [2.75, 3.05) is 13.1 Å². The molecule has 0 aromatic rings. The zero-order valence-corrected chi connectivity index (χ0v) is 8.99. The van der Waals surface area contributed by atoms with Gasteiger partial charge < -0.3 is 20.8 Å². The SMILES string of the molecule is CC(O)CNC(=O)CC(=O)NCC(C)O. The molecular weight excluding hydrogens is 200 g/mol. The Morgan fingerprint density at radius 3 is 1.60 bits per heavy atom. The van der Waals surface area contributed by atoms with E-state index in [1.165, 1.54) is 13.8 Å². The van der Waals surface area contributed by atoms with Gasteiger partial charge in [0.15, 0.2) is 0 Å². The molecule has 0 saturated heterocycles. The van der Waals surface area contributed by atoms with E-state index >= 15 is 0 Å². The molecule has 0 saturated carbocycles. The molecule has 0 aliphatic rings. The maximum atomic E-state index is 11.1. The van der Waals surface area contributed by atoms with Gasteiger partial charge in [-0.05, 0) is 13.8 Å². The fourth-order valence-electron chi connectivity index (χ4n) is 0.794. The first-order chi connectivity index (χ1) is 6.91. The Balaban J connectivity index is 3.63. The van der Waals surface area contributed by atoms with Crippen molar-refractivity contribution in [1.82, 2.24) is 10.6 Å². The summed E-state index contributed by atoms with van der Waals surface area (Å²) in [6.45, 7) is 3.33. The van der Waals surface area contributed by atoms with Gasteiger partial charge >= 0.3 is 0 Å². The molecule has 6 heteroatoms. The number of rotatable bonds is 6. The number of hydrogen-bond donors (Lipinski definition) is 4. The van der Waals surface area contributed by atoms with Crippen LogP contribution >= 0.6 is 0 Å². The minimum absolute atomic E-state index is 0.127. The lowest BCUT2D eigenvalue weighted by molar-refractivity contribution is -0.129. The van der Waals surface area contributed by atoms with E-state index in [0.717, 1.165) is 0 Å². The quantitative estimate of drug-likeness (QED) is 0.402. The first-order valence-electron chi connectivity index (χ1n) is 4.81. The number of nitrogens with one attached hydrogen (secondary N) is 2. The van der Waals surface area contributed by atoms with Crippen molar-refractivity contribution in [2.24, 2.45) is 0 Å². The summed E-state index contributed by atoms with van der Waals surface area (Å²) in [6.07, 6.45) is -1.55. The van der Waals surface area contributed by atoms with Crippen LogP contribution in [0.4, 0.5) is 0 Å². The molecule has 0 fully saturated rings. The highest BCUT2D eigenvalue weighted by Gasteiger charge is 2.09. The van der Waals surface area contributed by atoms with Crippen LogP contribution in [0.5, 0.6) is 0 Å². The van der Waals surface area contributed by atoms with Gasteiger partial charge in [0.25, 0.3) is 0 Å². The van der Waals surface area contributed by atoms with Gasteiger partial charge in [-0.1, -0.05) is 0 Å². The van der Waals surface area contributed by atoms with E-state index < -0.39 is 24.0 Å². The van der Waals surface area contributed by atoms with Crippen molar-refractivity contribution in [3.8, 4) is 0 Å². The van der Waals surface area contributed by atoms with Gasteiger partial charge in [-0.25, -0.2) is 0 Å². The van der Waals surface area contributed by atoms with Crippen LogP contribution in [0.2, 0.25) is 0 Å². The highest BCUT2D eigenvalue weighted by molar-refractivity contribution is 5.96. The second-order valence-corrected chi connectivity index (χ2v) is 3.48. The molecule has 4 N–H and O–H groups in total. The van der Waals surface area contributed by atoms with Crippen LogP contribution in [0.3, 0.4) is 0 Å². The van der Waals surface area contributed by atoms with E-state index in [0.29, 0.717) is 0 Å². The molecule has 0 aliphatic carbocycles. The highest BCUT2D eigenvalue weighted by Crippen LogP contribution is 1.83. The van der Waals surface area contributed by atoms with E-state index in [9.17, 15) is 9.59 Å². The first-order valence-corrected chi connectivity index (χ1v) is 4.81. The van der Waals surface area contributed by atoms with Gasteiger partial charge in [0.05, 0.1) is 12.2 Å². The van der Waals surface area contributed by atoms with Gasteiger partial charge in [0.2, 0.25) is 11.8 Å². The molecule has 0 aromatic carbocycles. The van der Waals surface area contributed by atoms with Crippen molar-refractivity contribution >= 4 is 11.8 Å². The fraction of sp³-hybridized carbons (Fsp3) is 0.778. The molecule has 2 amide bonds. The second kappa shape index (κ2) is 7.19. The normalized spacial score (nSPS) is 14.1. The Hall–Kier alpha value is -1.14. The summed E-state index contributed by atoms with van der Waals surface area (Å²) >= 11 is 0. The lowest BCUT2D eigenvalue weighted by Gasteiger charge is -2.08. The van der Waals surface area contributed by atoms with Crippen LogP contribution in [0.15, 0.2) is 0 Å². The summed E-state index contributed by atoms with van der Waals surface area (Å²) in [6, 6.07) is 0. The largest absolute Gasteiger partial charge is 0.392 e. The maximum Gasteiger partial charge on any atom is 0.229 e. The molecule has 0 aliphatic heterocycles. The monoisotopic (exact) mass is 218 g/mol. The lowest BCUT2D eigenvalue weighted by atomic mass is 10.3. The summed E-state index contributed by atoms with van der Waals surface area (Å²) < 4.78 is 0. The van der Waals surface area contributed by atoms with Gasteiger partial charge in [-0.3, -0.25) is 9.59 Å². The molecule has 0 aromatic heterocycles. The van der Waals surface area contributed by atoms with E-state index in [2.05, 4.69) is 10.6 Å². The number of aliphatic hydroxyl groups is 2. The van der Waals surface area contributed by atoms with Crippen molar-refractivity contribution < 1.29 is 19.8 Å². The molecule has 6 nitrogen and oxygen atoms in total. The van der Waals surface area contributed by atoms with Crippen molar-refractivity contribution in [1.29, 1.82) is 0 Å². The number of aliphatic hydroxyl groups excluding tert-OH is 2. The van der Waals surface area contributed by atoms with Crippen LogP contribution in [-0.4, -0.2) is 47.3 Å². The molecule has 0 radical (unpaired) electrons. The van der Waals surface area contributed by atoms with Crippen LogP contribution in [-0.2, 0) is 9.59 Å². The van der Waals surface area contributed by atoms with Gasteiger partial charge in [-0.15, -0.1) is 0 Å². The average molecular weight is 218 g/mol. The predicted molar refractivity (Wildman–Crippen MR) is 54.0 cm³/mol. The minimum Gasteiger partial charge on any atom is -0.392 e. The number of carbonyl (C=O) groups excluding carboxylic acids is 2. The van der Waals surface area contributed by atoms with E-state index in [-0.39, 0.29) is 19.5 Å². The zero-order chi connectivity index (χ0) is 11.8. The first kappa shape index (κ1) is 13.9. The van der Waals surface area contributed by atoms with Crippen molar-refractivity contribution in [3.63, 3.8) is 0 Å². The molecule has 0 bridgehead atoms. The summed E-state index contributed by atoms with van der Waals surface area (Å²) in [4.78, 5) is 22.1. The summed E-state index contributed by atoms with van der Waals surface area (Å²) in [7, 11) is 0. The Morgan fingerprint density at radius 2 is 1.33 bits per heavy atom. The molecule has 2 unspecified atom stereocenters.